The summed E-state index contributed by atoms with van der Waals surface area (Å²) >= 11 is 3.95. The van der Waals surface area contributed by atoms with Gasteiger partial charge in [0.15, 0.2) is 0 Å². The number of hydrogen-bond acceptors (Lipinski definition) is 3. The molecule has 4 rings (SSSR count). The molecule has 0 bridgehead atoms. The highest BCUT2D eigenvalue weighted by atomic mass is 32.2. The third kappa shape index (κ3) is 3.17. The van der Waals surface area contributed by atoms with E-state index in [4.69, 9.17) is 0 Å². The van der Waals surface area contributed by atoms with Gasteiger partial charge >= 0.3 is 0 Å². The number of anilines is 1. The molecule has 1 amide bonds. The van der Waals surface area contributed by atoms with Crippen LogP contribution in [0.5, 0.6) is 0 Å². The van der Waals surface area contributed by atoms with E-state index in [2.05, 4.69) is 29.6 Å². The Morgan fingerprint density at radius 2 is 1.58 bits per heavy atom. The first-order chi connectivity index (χ1) is 11.8. The van der Waals surface area contributed by atoms with Gasteiger partial charge in [-0.15, -0.1) is 23.5 Å². The predicted molar refractivity (Wildman–Crippen MR) is 106 cm³/mol. The largest absolute Gasteiger partial charge is 0.321 e. The summed E-state index contributed by atoms with van der Waals surface area (Å²) in [7, 11) is 0. The maximum atomic E-state index is 12.6. The van der Waals surface area contributed by atoms with Crippen LogP contribution >= 0.6 is 23.5 Å². The number of thioether (sulfide) groups is 2. The molecule has 1 fully saturated rings. The van der Waals surface area contributed by atoms with Crippen molar-refractivity contribution >= 4 is 45.9 Å². The number of fused-ring (bicyclic) bond motifs is 1. The lowest BCUT2D eigenvalue weighted by Gasteiger charge is -2.11. The first-order valence-electron chi connectivity index (χ1n) is 7.93. The summed E-state index contributed by atoms with van der Waals surface area (Å²) < 4.78 is 0.514. The van der Waals surface area contributed by atoms with Crippen molar-refractivity contribution in [1.82, 2.24) is 0 Å². The Hall–Kier alpha value is -1.91. The van der Waals surface area contributed by atoms with Crippen molar-refractivity contribution in [3.05, 3.63) is 77.9 Å². The third-order valence-electron chi connectivity index (χ3n) is 4.10. The molecule has 0 atom stereocenters. The molecule has 0 saturated carbocycles. The highest BCUT2D eigenvalue weighted by molar-refractivity contribution is 8.19. The lowest BCUT2D eigenvalue weighted by Crippen LogP contribution is -2.12. The highest BCUT2D eigenvalue weighted by Gasteiger charge is 2.18. The molecule has 24 heavy (non-hydrogen) atoms. The highest BCUT2D eigenvalue weighted by Crippen LogP contribution is 2.45. The third-order valence-corrected chi connectivity index (χ3v) is 7.21. The van der Waals surface area contributed by atoms with Crippen molar-refractivity contribution < 1.29 is 4.79 Å². The second kappa shape index (κ2) is 6.91. The fourth-order valence-corrected chi connectivity index (χ4v) is 5.73. The lowest BCUT2D eigenvalue weighted by atomic mass is 10.1. The van der Waals surface area contributed by atoms with Gasteiger partial charge in [-0.2, -0.15) is 0 Å². The van der Waals surface area contributed by atoms with Crippen LogP contribution in [0.15, 0.2) is 66.7 Å². The van der Waals surface area contributed by atoms with Gasteiger partial charge in [0.1, 0.15) is 0 Å². The first-order valence-corrected chi connectivity index (χ1v) is 10.0. The number of carbonyl (C=O) groups excluding carboxylic acids is 1. The zero-order valence-corrected chi connectivity index (χ0v) is 14.7. The quantitative estimate of drug-likeness (QED) is 0.669. The Morgan fingerprint density at radius 3 is 2.38 bits per heavy atom. The maximum absolute atomic E-state index is 12.6. The molecule has 1 N–H and O–H groups in total. The number of nitrogens with one attached hydrogen (secondary N) is 1. The molecule has 2 nitrogen and oxygen atoms in total. The Bertz CT molecular complexity index is 865. The van der Waals surface area contributed by atoms with Gasteiger partial charge in [0.25, 0.3) is 5.91 Å². The molecular formula is C20H17NOS2. The van der Waals surface area contributed by atoms with Crippen LogP contribution in [-0.4, -0.2) is 17.4 Å². The van der Waals surface area contributed by atoms with E-state index in [1.807, 2.05) is 66.0 Å². The van der Waals surface area contributed by atoms with Crippen LogP contribution < -0.4 is 5.32 Å². The van der Waals surface area contributed by atoms with Crippen LogP contribution in [0.1, 0.15) is 20.5 Å². The normalized spacial score (nSPS) is 14.8. The predicted octanol–water partition coefficient (Wildman–Crippen LogP) is 5.57. The topological polar surface area (TPSA) is 29.1 Å². The van der Waals surface area contributed by atoms with Gasteiger partial charge < -0.3 is 5.32 Å². The number of amides is 1. The van der Waals surface area contributed by atoms with Crippen LogP contribution in [0.2, 0.25) is 0 Å². The van der Waals surface area contributed by atoms with Gasteiger partial charge in [0.2, 0.25) is 0 Å². The molecule has 0 unspecified atom stereocenters. The van der Waals surface area contributed by atoms with Crippen LogP contribution in [-0.2, 0) is 0 Å². The van der Waals surface area contributed by atoms with Crippen molar-refractivity contribution in [1.29, 1.82) is 0 Å². The fraction of sp³-hybridized carbons (Fsp3) is 0.150. The monoisotopic (exact) mass is 351 g/mol. The Labute approximate surface area is 150 Å². The molecule has 1 saturated heterocycles. The molecular weight excluding hydrogens is 334 g/mol. The van der Waals surface area contributed by atoms with Crippen LogP contribution in [0.25, 0.3) is 10.8 Å². The molecule has 0 radical (unpaired) electrons. The molecule has 0 aromatic heterocycles. The first kappa shape index (κ1) is 15.6. The van der Waals surface area contributed by atoms with E-state index >= 15 is 0 Å². The second-order valence-corrected chi connectivity index (χ2v) is 8.40. The van der Waals surface area contributed by atoms with Crippen molar-refractivity contribution in [2.75, 3.05) is 16.8 Å². The van der Waals surface area contributed by atoms with E-state index in [0.29, 0.717) is 10.1 Å². The van der Waals surface area contributed by atoms with Gasteiger partial charge in [-0.25, -0.2) is 0 Å². The minimum Gasteiger partial charge on any atom is -0.321 e. The molecule has 0 spiro atoms. The van der Waals surface area contributed by atoms with Crippen molar-refractivity contribution in [2.24, 2.45) is 0 Å². The number of rotatable bonds is 3. The Kier molecular flexibility index (Phi) is 4.50. The molecule has 1 aliphatic rings. The number of hydrogen-bond donors (Lipinski definition) is 1. The summed E-state index contributed by atoms with van der Waals surface area (Å²) in [6, 6.07) is 22.0. The standard InChI is InChI=1S/C20H17NOS2/c22-19(15-8-10-16(11-9-15)20-23-12-13-24-20)21-18-7-3-5-14-4-1-2-6-17(14)18/h1-11,20H,12-13H2,(H,21,22). The van der Waals surface area contributed by atoms with Gasteiger partial charge in [0.05, 0.1) is 4.58 Å². The van der Waals surface area contributed by atoms with Gasteiger partial charge in [-0.3, -0.25) is 4.79 Å². The molecule has 120 valence electrons. The summed E-state index contributed by atoms with van der Waals surface area (Å²) in [5, 5.41) is 5.23. The van der Waals surface area contributed by atoms with Crippen molar-refractivity contribution in [3.8, 4) is 0 Å². The molecule has 3 aromatic carbocycles. The summed E-state index contributed by atoms with van der Waals surface area (Å²) in [5.41, 5.74) is 2.84. The minimum absolute atomic E-state index is 0.0652. The fourth-order valence-electron chi connectivity index (χ4n) is 2.87. The summed E-state index contributed by atoms with van der Waals surface area (Å²) in [6.45, 7) is 0. The van der Waals surface area contributed by atoms with E-state index in [0.717, 1.165) is 16.5 Å². The van der Waals surface area contributed by atoms with Crippen LogP contribution in [0.3, 0.4) is 0 Å². The molecule has 3 aromatic rings. The average molecular weight is 351 g/mol. The SMILES string of the molecule is O=C(Nc1cccc2ccccc12)c1ccc(C2SCCS2)cc1. The average Bonchev–Trinajstić information content (AvgIpc) is 3.17. The van der Waals surface area contributed by atoms with E-state index < -0.39 is 0 Å². The molecule has 4 heteroatoms. The Balaban J connectivity index is 1.55. The van der Waals surface area contributed by atoms with Crippen molar-refractivity contribution in [3.63, 3.8) is 0 Å². The van der Waals surface area contributed by atoms with E-state index in [9.17, 15) is 4.79 Å². The van der Waals surface area contributed by atoms with Gasteiger partial charge in [-0.1, -0.05) is 48.5 Å². The molecule has 1 heterocycles. The van der Waals surface area contributed by atoms with Gasteiger partial charge in [-0.05, 0) is 29.1 Å². The summed E-state index contributed by atoms with van der Waals surface area (Å²) in [6.07, 6.45) is 0. The molecule has 1 aliphatic heterocycles. The van der Waals surface area contributed by atoms with E-state index in [-0.39, 0.29) is 5.91 Å². The molecule has 0 aliphatic carbocycles. The van der Waals surface area contributed by atoms with Crippen LogP contribution in [0.4, 0.5) is 5.69 Å². The smallest absolute Gasteiger partial charge is 0.255 e. The lowest BCUT2D eigenvalue weighted by molar-refractivity contribution is 0.102. The van der Waals surface area contributed by atoms with E-state index in [1.165, 1.54) is 17.1 Å². The van der Waals surface area contributed by atoms with Crippen LogP contribution in [0, 0.1) is 0 Å². The zero-order valence-electron chi connectivity index (χ0n) is 13.1. The summed E-state index contributed by atoms with van der Waals surface area (Å²) in [4.78, 5) is 12.6. The van der Waals surface area contributed by atoms with Crippen molar-refractivity contribution in [2.45, 2.75) is 4.58 Å². The maximum Gasteiger partial charge on any atom is 0.255 e. The number of benzene rings is 3. The van der Waals surface area contributed by atoms with Gasteiger partial charge in [0, 0.05) is 28.1 Å². The second-order valence-electron chi connectivity index (χ2n) is 5.68. The zero-order chi connectivity index (χ0) is 16.4. The summed E-state index contributed by atoms with van der Waals surface area (Å²) in [5.74, 6) is 2.35. The van der Waals surface area contributed by atoms with E-state index in [1.54, 1.807) is 0 Å². The Morgan fingerprint density at radius 1 is 0.875 bits per heavy atom. The minimum atomic E-state index is -0.0652. The number of carbonyl (C=O) groups is 1.